The van der Waals surface area contributed by atoms with Crippen LogP contribution in [-0.4, -0.2) is 24.1 Å². The molecule has 0 saturated carbocycles. The quantitative estimate of drug-likeness (QED) is 0.830. The molecule has 0 aliphatic carbocycles. The molecule has 0 saturated heterocycles. The Morgan fingerprint density at radius 2 is 2.00 bits per heavy atom. The predicted molar refractivity (Wildman–Crippen MR) is 84.8 cm³/mol. The first-order valence-electron chi connectivity index (χ1n) is 6.68. The van der Waals surface area contributed by atoms with Gasteiger partial charge in [0.05, 0.1) is 12.4 Å². The molecule has 0 amide bonds. The second kappa shape index (κ2) is 7.31. The van der Waals surface area contributed by atoms with Crippen molar-refractivity contribution in [3.63, 3.8) is 0 Å². The molecule has 2 aromatic carbocycles. The highest BCUT2D eigenvalue weighted by molar-refractivity contribution is 7.99. The number of fused-ring (bicyclic) bond motifs is 1. The van der Waals surface area contributed by atoms with Crippen LogP contribution >= 0.6 is 11.8 Å². The minimum absolute atomic E-state index is 0.0703. The lowest BCUT2D eigenvalue weighted by atomic mass is 10.0. The molecule has 0 bridgehead atoms. The zero-order chi connectivity index (χ0) is 14.4. The number of ether oxygens (including phenoxy) is 1. The predicted octanol–water partition coefficient (Wildman–Crippen LogP) is 3.14. The molecule has 0 fully saturated rings. The zero-order valence-electron chi connectivity index (χ0n) is 11.5. The highest BCUT2D eigenvalue weighted by atomic mass is 32.2. The summed E-state index contributed by atoms with van der Waals surface area (Å²) in [4.78, 5) is 11.3. The van der Waals surface area contributed by atoms with Crippen LogP contribution in [0.3, 0.4) is 0 Å². The number of esters is 1. The van der Waals surface area contributed by atoms with Crippen molar-refractivity contribution in [2.45, 2.75) is 13.0 Å². The van der Waals surface area contributed by atoms with Crippen LogP contribution in [0, 0.1) is 0 Å². The van der Waals surface area contributed by atoms with Gasteiger partial charge in [0.1, 0.15) is 0 Å². The van der Waals surface area contributed by atoms with Gasteiger partial charge in [-0.05, 0) is 29.3 Å². The molecular formula is C16H19NO2S. The third-order valence-corrected chi connectivity index (χ3v) is 4.06. The molecule has 0 radical (unpaired) electrons. The fourth-order valence-electron chi connectivity index (χ4n) is 2.01. The number of nitrogens with two attached hydrogens (primary N) is 1. The summed E-state index contributed by atoms with van der Waals surface area (Å²) in [7, 11) is 0. The summed E-state index contributed by atoms with van der Waals surface area (Å²) in [6.45, 7) is 2.24. The van der Waals surface area contributed by atoms with Gasteiger partial charge in [-0.1, -0.05) is 36.4 Å². The summed E-state index contributed by atoms with van der Waals surface area (Å²) in [6.07, 6.45) is 0. The summed E-state index contributed by atoms with van der Waals surface area (Å²) in [6, 6.07) is 14.4. The normalized spacial score (nSPS) is 12.3. The summed E-state index contributed by atoms with van der Waals surface area (Å²) >= 11 is 1.51. The van der Waals surface area contributed by atoms with Gasteiger partial charge in [-0.25, -0.2) is 0 Å². The Labute approximate surface area is 123 Å². The molecule has 3 nitrogen and oxygen atoms in total. The van der Waals surface area contributed by atoms with E-state index in [1.807, 2.05) is 19.1 Å². The molecule has 2 rings (SSSR count). The van der Waals surface area contributed by atoms with E-state index in [4.69, 9.17) is 10.5 Å². The summed E-state index contributed by atoms with van der Waals surface area (Å²) in [5, 5.41) is 2.40. The van der Waals surface area contributed by atoms with Gasteiger partial charge in [-0.2, -0.15) is 0 Å². The number of rotatable bonds is 6. The number of carbonyl (C=O) groups excluding carboxylic acids is 1. The minimum atomic E-state index is -0.178. The summed E-state index contributed by atoms with van der Waals surface area (Å²) in [5.74, 6) is 0.884. The van der Waals surface area contributed by atoms with Crippen molar-refractivity contribution in [2.75, 3.05) is 18.1 Å². The first kappa shape index (κ1) is 14.9. The number of thioether (sulfide) groups is 1. The van der Waals surface area contributed by atoms with Gasteiger partial charge in [-0.15, -0.1) is 11.8 Å². The van der Waals surface area contributed by atoms with Gasteiger partial charge in [0.2, 0.25) is 0 Å². The Bertz CT molecular complexity index is 585. The maximum absolute atomic E-state index is 11.3. The number of hydrogen-bond donors (Lipinski definition) is 1. The molecule has 0 heterocycles. The average Bonchev–Trinajstić information content (AvgIpc) is 2.47. The fourth-order valence-corrected chi connectivity index (χ4v) is 2.82. The van der Waals surface area contributed by atoms with Gasteiger partial charge in [-0.3, -0.25) is 4.79 Å². The summed E-state index contributed by atoms with van der Waals surface area (Å²) < 4.78 is 4.89. The number of hydrogen-bond acceptors (Lipinski definition) is 4. The maximum atomic E-state index is 11.3. The van der Waals surface area contributed by atoms with Crippen LogP contribution in [0.1, 0.15) is 18.5 Å². The summed E-state index contributed by atoms with van der Waals surface area (Å²) in [5.41, 5.74) is 7.27. The third-order valence-electron chi connectivity index (χ3n) is 3.02. The zero-order valence-corrected chi connectivity index (χ0v) is 12.4. The highest BCUT2D eigenvalue weighted by Gasteiger charge is 2.09. The van der Waals surface area contributed by atoms with Crippen LogP contribution in [0.15, 0.2) is 42.5 Å². The van der Waals surface area contributed by atoms with E-state index < -0.39 is 0 Å². The molecule has 1 atom stereocenters. The molecule has 4 heteroatoms. The van der Waals surface area contributed by atoms with Crippen LogP contribution in [0.4, 0.5) is 0 Å². The van der Waals surface area contributed by atoms with Crippen LogP contribution < -0.4 is 5.73 Å². The molecule has 106 valence electrons. The number of benzene rings is 2. The van der Waals surface area contributed by atoms with Crippen molar-refractivity contribution in [3.05, 3.63) is 48.0 Å². The Morgan fingerprint density at radius 1 is 1.25 bits per heavy atom. The lowest BCUT2D eigenvalue weighted by Crippen LogP contribution is -2.15. The molecular weight excluding hydrogens is 270 g/mol. The van der Waals surface area contributed by atoms with Crippen LogP contribution in [0.25, 0.3) is 10.8 Å². The van der Waals surface area contributed by atoms with Gasteiger partial charge >= 0.3 is 5.97 Å². The molecule has 20 heavy (non-hydrogen) atoms. The van der Waals surface area contributed by atoms with E-state index in [0.29, 0.717) is 18.1 Å². The van der Waals surface area contributed by atoms with Crippen molar-refractivity contribution < 1.29 is 9.53 Å². The van der Waals surface area contributed by atoms with Crippen molar-refractivity contribution in [1.82, 2.24) is 0 Å². The SMILES string of the molecule is CCOC(=O)CSCC(N)c1ccc2ccccc2c1. The molecule has 0 spiro atoms. The van der Waals surface area contributed by atoms with Crippen LogP contribution in [0.5, 0.6) is 0 Å². The largest absolute Gasteiger partial charge is 0.465 e. The van der Waals surface area contributed by atoms with E-state index >= 15 is 0 Å². The maximum Gasteiger partial charge on any atom is 0.315 e. The average molecular weight is 289 g/mol. The fraction of sp³-hybridized carbons (Fsp3) is 0.312. The Morgan fingerprint density at radius 3 is 2.75 bits per heavy atom. The lowest BCUT2D eigenvalue weighted by molar-refractivity contribution is -0.139. The third kappa shape index (κ3) is 3.99. The van der Waals surface area contributed by atoms with Crippen molar-refractivity contribution >= 4 is 28.5 Å². The lowest BCUT2D eigenvalue weighted by Gasteiger charge is -2.12. The van der Waals surface area contributed by atoms with E-state index in [1.54, 1.807) is 0 Å². The molecule has 2 aromatic rings. The van der Waals surface area contributed by atoms with Crippen molar-refractivity contribution in [2.24, 2.45) is 5.73 Å². The second-order valence-corrected chi connectivity index (χ2v) is 5.56. The molecule has 2 N–H and O–H groups in total. The van der Waals surface area contributed by atoms with Gasteiger partial charge in [0, 0.05) is 11.8 Å². The van der Waals surface area contributed by atoms with E-state index in [0.717, 1.165) is 5.56 Å². The van der Waals surface area contributed by atoms with E-state index in [1.165, 1.54) is 22.5 Å². The van der Waals surface area contributed by atoms with Gasteiger partial charge in [0.15, 0.2) is 0 Å². The first-order chi connectivity index (χ1) is 9.70. The Balaban J connectivity index is 1.93. The highest BCUT2D eigenvalue weighted by Crippen LogP contribution is 2.21. The van der Waals surface area contributed by atoms with Crippen LogP contribution in [0.2, 0.25) is 0 Å². The molecule has 0 aliphatic heterocycles. The molecule has 0 aromatic heterocycles. The van der Waals surface area contributed by atoms with Crippen LogP contribution in [-0.2, 0) is 9.53 Å². The standard InChI is InChI=1S/C16H19NO2S/c1-2-19-16(18)11-20-10-15(17)14-8-7-12-5-3-4-6-13(12)9-14/h3-9,15H,2,10-11,17H2,1H3. The van der Waals surface area contributed by atoms with E-state index in [2.05, 4.69) is 30.3 Å². The van der Waals surface area contributed by atoms with Gasteiger partial charge < -0.3 is 10.5 Å². The topological polar surface area (TPSA) is 52.3 Å². The molecule has 1 unspecified atom stereocenters. The monoisotopic (exact) mass is 289 g/mol. The van der Waals surface area contributed by atoms with Gasteiger partial charge in [0.25, 0.3) is 0 Å². The Hall–Kier alpha value is -1.52. The number of carbonyl (C=O) groups is 1. The van der Waals surface area contributed by atoms with Crippen molar-refractivity contribution in [1.29, 1.82) is 0 Å². The molecule has 0 aliphatic rings. The minimum Gasteiger partial charge on any atom is -0.465 e. The van der Waals surface area contributed by atoms with E-state index in [-0.39, 0.29) is 12.0 Å². The smallest absolute Gasteiger partial charge is 0.315 e. The first-order valence-corrected chi connectivity index (χ1v) is 7.84. The Kier molecular flexibility index (Phi) is 5.44. The second-order valence-electron chi connectivity index (χ2n) is 4.53. The van der Waals surface area contributed by atoms with Crippen molar-refractivity contribution in [3.8, 4) is 0 Å². The van der Waals surface area contributed by atoms with E-state index in [9.17, 15) is 4.79 Å².